The molecule has 0 amide bonds. The molecule has 1 saturated heterocycles. The quantitative estimate of drug-likeness (QED) is 0.576. The predicted octanol–water partition coefficient (Wildman–Crippen LogP) is 3.99. The van der Waals surface area contributed by atoms with Crippen LogP contribution in [0.3, 0.4) is 0 Å². The summed E-state index contributed by atoms with van der Waals surface area (Å²) in [5, 5.41) is 13.4. The van der Waals surface area contributed by atoms with Gasteiger partial charge in [-0.25, -0.2) is 14.1 Å². The highest BCUT2D eigenvalue weighted by Crippen LogP contribution is 2.44. The molecule has 2 aromatic heterocycles. The summed E-state index contributed by atoms with van der Waals surface area (Å²) in [5.41, 5.74) is 2.79. The van der Waals surface area contributed by atoms with E-state index < -0.39 is 6.10 Å². The fraction of sp³-hybridized carbons (Fsp3) is 0.500. The summed E-state index contributed by atoms with van der Waals surface area (Å²) in [6.07, 6.45) is 4.77. The maximum atomic E-state index is 13.9. The minimum Gasteiger partial charge on any atom is -0.370 e. The van der Waals surface area contributed by atoms with E-state index in [0.717, 1.165) is 36.9 Å². The number of aryl methyl sites for hydroxylation is 1. The number of ether oxygens (including phenoxy) is 1. The molecule has 1 aromatic carbocycles. The third-order valence-corrected chi connectivity index (χ3v) is 7.55. The van der Waals surface area contributed by atoms with E-state index in [-0.39, 0.29) is 5.82 Å². The molecule has 3 aromatic rings. The molecule has 2 aliphatic heterocycles. The van der Waals surface area contributed by atoms with Crippen molar-refractivity contribution in [2.75, 3.05) is 24.6 Å². The number of aromatic nitrogens is 5. The molecule has 2 fully saturated rings. The molecule has 172 valence electrons. The minimum absolute atomic E-state index is 0.355. The molecule has 0 radical (unpaired) electrons. The zero-order valence-corrected chi connectivity index (χ0v) is 19.2. The lowest BCUT2D eigenvalue weighted by atomic mass is 9.82. The second-order valence-electron chi connectivity index (χ2n) is 9.49. The molecule has 1 unspecified atom stereocenters. The van der Waals surface area contributed by atoms with E-state index in [1.165, 1.54) is 30.7 Å². The zero-order chi connectivity index (χ0) is 22.5. The van der Waals surface area contributed by atoms with E-state index in [1.807, 2.05) is 17.8 Å². The molecule has 3 aliphatic rings. The van der Waals surface area contributed by atoms with E-state index in [2.05, 4.69) is 21.2 Å². The number of halogens is 2. The van der Waals surface area contributed by atoms with Crippen molar-refractivity contribution in [3.63, 3.8) is 0 Å². The maximum absolute atomic E-state index is 13.9. The SMILES string of the molecule is Cc1cc(N2C[C@H]3CC[C@@H](C2)C3Cc2nc3n(n2)CCO[C@@H]3c2cc(F)cc(Cl)c2)cnn1. The molecule has 7 nitrogen and oxygen atoms in total. The molecule has 0 spiro atoms. The van der Waals surface area contributed by atoms with Gasteiger partial charge in [0.05, 0.1) is 30.7 Å². The third-order valence-electron chi connectivity index (χ3n) is 7.33. The number of hydrogen-bond acceptors (Lipinski definition) is 6. The molecule has 4 heterocycles. The fourth-order valence-corrected chi connectivity index (χ4v) is 6.10. The van der Waals surface area contributed by atoms with E-state index in [4.69, 9.17) is 26.4 Å². The van der Waals surface area contributed by atoms with Gasteiger partial charge in [-0.2, -0.15) is 15.3 Å². The van der Waals surface area contributed by atoms with Gasteiger partial charge in [0.2, 0.25) is 0 Å². The van der Waals surface area contributed by atoms with Crippen LogP contribution in [-0.4, -0.2) is 44.7 Å². The van der Waals surface area contributed by atoms with Gasteiger partial charge in [-0.1, -0.05) is 11.6 Å². The van der Waals surface area contributed by atoms with Gasteiger partial charge in [-0.15, -0.1) is 0 Å². The second kappa shape index (κ2) is 8.33. The molecule has 0 N–H and O–H groups in total. The summed E-state index contributed by atoms with van der Waals surface area (Å²) in [6, 6.07) is 6.63. The van der Waals surface area contributed by atoms with Crippen molar-refractivity contribution in [2.24, 2.45) is 17.8 Å². The van der Waals surface area contributed by atoms with Gasteiger partial charge in [0.25, 0.3) is 0 Å². The fourth-order valence-electron chi connectivity index (χ4n) is 5.87. The summed E-state index contributed by atoms with van der Waals surface area (Å²) in [4.78, 5) is 7.34. The monoisotopic (exact) mass is 468 g/mol. The lowest BCUT2D eigenvalue weighted by molar-refractivity contribution is 0.0388. The molecule has 1 aliphatic carbocycles. The van der Waals surface area contributed by atoms with Gasteiger partial charge in [-0.05, 0) is 67.3 Å². The summed E-state index contributed by atoms with van der Waals surface area (Å²) in [7, 11) is 0. The second-order valence-corrected chi connectivity index (χ2v) is 9.93. The first kappa shape index (κ1) is 21.0. The molecule has 4 atom stereocenters. The summed E-state index contributed by atoms with van der Waals surface area (Å²) in [5.74, 6) is 3.03. The minimum atomic E-state index is -0.450. The predicted molar refractivity (Wildman–Crippen MR) is 122 cm³/mol. The smallest absolute Gasteiger partial charge is 0.161 e. The normalized spacial score (nSPS) is 26.5. The average molecular weight is 469 g/mol. The Morgan fingerprint density at radius 1 is 1.15 bits per heavy atom. The lowest BCUT2D eigenvalue weighted by Crippen LogP contribution is -2.43. The van der Waals surface area contributed by atoms with Crippen LogP contribution in [0.25, 0.3) is 0 Å². The average Bonchev–Trinajstić information content (AvgIpc) is 3.29. The highest BCUT2D eigenvalue weighted by molar-refractivity contribution is 6.30. The van der Waals surface area contributed by atoms with Crippen molar-refractivity contribution < 1.29 is 9.13 Å². The van der Waals surface area contributed by atoms with E-state index in [0.29, 0.717) is 41.5 Å². The molecule has 1 saturated carbocycles. The summed E-state index contributed by atoms with van der Waals surface area (Å²) in [6.45, 7) is 5.22. The first-order valence-electron chi connectivity index (χ1n) is 11.6. The van der Waals surface area contributed by atoms with Crippen LogP contribution in [0.4, 0.5) is 10.1 Å². The Morgan fingerprint density at radius 3 is 2.73 bits per heavy atom. The molecule has 2 bridgehead atoms. The molecule has 33 heavy (non-hydrogen) atoms. The Morgan fingerprint density at radius 2 is 1.97 bits per heavy atom. The van der Waals surface area contributed by atoms with Crippen molar-refractivity contribution in [2.45, 2.75) is 38.8 Å². The van der Waals surface area contributed by atoms with Gasteiger partial charge in [0.1, 0.15) is 11.9 Å². The Labute approximate surface area is 196 Å². The Hall–Kier alpha value is -2.58. The first-order chi connectivity index (χ1) is 16.0. The number of anilines is 1. The van der Waals surface area contributed by atoms with Crippen molar-refractivity contribution in [3.8, 4) is 0 Å². The van der Waals surface area contributed by atoms with Crippen LogP contribution >= 0.6 is 11.6 Å². The van der Waals surface area contributed by atoms with Gasteiger partial charge in [0.15, 0.2) is 11.6 Å². The van der Waals surface area contributed by atoms with Crippen LogP contribution in [0.2, 0.25) is 5.02 Å². The van der Waals surface area contributed by atoms with Crippen LogP contribution in [0.1, 0.15) is 41.9 Å². The number of rotatable bonds is 4. The molecular weight excluding hydrogens is 443 g/mol. The number of piperidine rings is 1. The van der Waals surface area contributed by atoms with Crippen molar-refractivity contribution in [3.05, 3.63) is 64.2 Å². The highest BCUT2D eigenvalue weighted by atomic mass is 35.5. The first-order valence-corrected chi connectivity index (χ1v) is 12.0. The highest BCUT2D eigenvalue weighted by Gasteiger charge is 2.43. The lowest BCUT2D eigenvalue weighted by Gasteiger charge is -2.39. The summed E-state index contributed by atoms with van der Waals surface area (Å²) < 4.78 is 21.8. The number of hydrogen-bond donors (Lipinski definition) is 0. The third kappa shape index (κ3) is 3.99. The van der Waals surface area contributed by atoms with Crippen molar-refractivity contribution >= 4 is 17.3 Å². The van der Waals surface area contributed by atoms with Gasteiger partial charge < -0.3 is 9.64 Å². The largest absolute Gasteiger partial charge is 0.370 e. The van der Waals surface area contributed by atoms with E-state index >= 15 is 0 Å². The van der Waals surface area contributed by atoms with Crippen LogP contribution in [0.5, 0.6) is 0 Å². The number of fused-ring (bicyclic) bond motifs is 3. The molecule has 9 heteroatoms. The standard InChI is InChI=1S/C24H26ClFN6O/c1-14-6-20(11-27-29-14)31-12-15-2-3-16(13-31)21(15)10-22-28-24-23(33-5-4-32(24)30-22)17-7-18(25)9-19(26)8-17/h6-9,11,15-16,21,23H,2-5,10,12-13H2,1H3/t15-,16+,21?,23-/m1/s1. The molecule has 6 rings (SSSR count). The Kier molecular flexibility index (Phi) is 5.30. The number of benzene rings is 1. The van der Waals surface area contributed by atoms with Crippen molar-refractivity contribution in [1.29, 1.82) is 0 Å². The molecular formula is C24H26ClFN6O. The zero-order valence-electron chi connectivity index (χ0n) is 18.5. The van der Waals surface area contributed by atoms with E-state index in [1.54, 1.807) is 6.07 Å². The number of nitrogens with zero attached hydrogens (tertiary/aromatic N) is 6. The Balaban J connectivity index is 1.21. The topological polar surface area (TPSA) is 69.0 Å². The van der Waals surface area contributed by atoms with Gasteiger partial charge >= 0.3 is 0 Å². The summed E-state index contributed by atoms with van der Waals surface area (Å²) >= 11 is 6.08. The van der Waals surface area contributed by atoms with Crippen LogP contribution < -0.4 is 4.90 Å². The van der Waals surface area contributed by atoms with Crippen molar-refractivity contribution in [1.82, 2.24) is 25.0 Å². The van der Waals surface area contributed by atoms with Crippen LogP contribution in [0, 0.1) is 30.5 Å². The van der Waals surface area contributed by atoms with Gasteiger partial charge in [0, 0.05) is 24.5 Å². The van der Waals surface area contributed by atoms with Gasteiger partial charge in [-0.3, -0.25) is 0 Å². The van der Waals surface area contributed by atoms with Crippen LogP contribution in [0.15, 0.2) is 30.5 Å². The Bertz CT molecular complexity index is 1150. The maximum Gasteiger partial charge on any atom is 0.161 e. The van der Waals surface area contributed by atoms with E-state index in [9.17, 15) is 4.39 Å². The van der Waals surface area contributed by atoms with Crippen LogP contribution in [-0.2, 0) is 17.7 Å².